The van der Waals surface area contributed by atoms with Crippen LogP contribution >= 0.6 is 0 Å². The summed E-state index contributed by atoms with van der Waals surface area (Å²) in [6, 6.07) is 10.6. The fourth-order valence-corrected chi connectivity index (χ4v) is 3.99. The molecule has 0 saturated carbocycles. The third kappa shape index (κ3) is 6.33. The molecule has 0 bridgehead atoms. The number of carboxylic acid groups (broad SMARTS) is 1. The van der Waals surface area contributed by atoms with E-state index in [0.717, 1.165) is 22.3 Å². The van der Waals surface area contributed by atoms with Crippen molar-refractivity contribution in [3.8, 4) is 11.5 Å². The summed E-state index contributed by atoms with van der Waals surface area (Å²) in [6.07, 6.45) is -0.267. The number of rotatable bonds is 6. The van der Waals surface area contributed by atoms with Gasteiger partial charge >= 0.3 is 5.97 Å². The van der Waals surface area contributed by atoms with Gasteiger partial charge in [0.05, 0.1) is 20.6 Å². The predicted octanol–water partition coefficient (Wildman–Crippen LogP) is 7.28. The summed E-state index contributed by atoms with van der Waals surface area (Å²) >= 11 is 0. The van der Waals surface area contributed by atoms with E-state index < -0.39 is 16.8 Å². The first kappa shape index (κ1) is 29.5. The molecule has 0 atom stereocenters. The van der Waals surface area contributed by atoms with E-state index in [1.165, 1.54) is 7.11 Å². The molecule has 2 aromatic heterocycles. The van der Waals surface area contributed by atoms with Gasteiger partial charge in [-0.05, 0) is 43.3 Å². The van der Waals surface area contributed by atoms with Crippen molar-refractivity contribution in [1.29, 1.82) is 0 Å². The second-order valence-electron chi connectivity index (χ2n) is 11.4. The lowest BCUT2D eigenvalue weighted by Gasteiger charge is -2.15. The third-order valence-corrected chi connectivity index (χ3v) is 6.24. The molecule has 1 N–H and O–H groups in total. The lowest BCUT2D eigenvalue weighted by Crippen LogP contribution is -2.21. The number of benzene rings is 2. The zero-order chi connectivity index (χ0) is 29.3. The molecule has 8 nitrogen and oxygen atoms in total. The minimum Gasteiger partial charge on any atom is -0.497 e. The van der Waals surface area contributed by atoms with Crippen LogP contribution in [-0.2, 0) is 11.2 Å². The van der Waals surface area contributed by atoms with Crippen LogP contribution in [0.15, 0.2) is 45.2 Å². The highest BCUT2D eigenvalue weighted by Crippen LogP contribution is 2.34. The van der Waals surface area contributed by atoms with Gasteiger partial charge in [-0.1, -0.05) is 41.5 Å². The minimum atomic E-state index is -1.01. The quantitative estimate of drug-likeness (QED) is 0.256. The van der Waals surface area contributed by atoms with E-state index in [9.17, 15) is 14.4 Å². The van der Waals surface area contributed by atoms with E-state index in [1.807, 2.05) is 45.9 Å². The summed E-state index contributed by atoms with van der Waals surface area (Å²) in [5.74, 6) is 0.720. The Bertz CT molecular complexity index is 1540. The molecular formula is C31H36O8. The molecule has 208 valence electrons. The van der Waals surface area contributed by atoms with Crippen LogP contribution < -0.4 is 9.47 Å². The Morgan fingerprint density at radius 3 is 1.64 bits per heavy atom. The summed E-state index contributed by atoms with van der Waals surface area (Å²) in [7, 11) is 3.15. The van der Waals surface area contributed by atoms with Gasteiger partial charge in [-0.2, -0.15) is 0 Å². The Kier molecular flexibility index (Phi) is 8.29. The second-order valence-corrected chi connectivity index (χ2v) is 11.4. The fourth-order valence-electron chi connectivity index (χ4n) is 3.99. The molecule has 0 aliphatic heterocycles. The number of hydrogen-bond acceptors (Lipinski definition) is 7. The Balaban J connectivity index is 0.000000218. The SMILES string of the molecule is COc1ccc2oc(C(=O)C(C)(C)C)c(C)c2c1.COc1ccc2oc(C(=O)C(C)(C)C)c(CC(=O)O)c2c1. The number of furan rings is 2. The lowest BCUT2D eigenvalue weighted by atomic mass is 9.87. The van der Waals surface area contributed by atoms with Crippen molar-refractivity contribution in [3.63, 3.8) is 0 Å². The van der Waals surface area contributed by atoms with Gasteiger partial charge < -0.3 is 23.4 Å². The average Bonchev–Trinajstić information content (AvgIpc) is 3.38. The van der Waals surface area contributed by atoms with Gasteiger partial charge in [0.1, 0.15) is 22.7 Å². The molecule has 0 fully saturated rings. The zero-order valence-corrected chi connectivity index (χ0v) is 24.0. The molecule has 2 heterocycles. The number of ether oxygens (including phenoxy) is 2. The molecule has 8 heteroatoms. The Labute approximate surface area is 227 Å². The van der Waals surface area contributed by atoms with Crippen molar-refractivity contribution in [2.75, 3.05) is 14.2 Å². The van der Waals surface area contributed by atoms with E-state index in [0.29, 0.717) is 28.0 Å². The van der Waals surface area contributed by atoms with Crippen LogP contribution in [0, 0.1) is 17.8 Å². The van der Waals surface area contributed by atoms with Gasteiger partial charge in [0.25, 0.3) is 0 Å². The van der Waals surface area contributed by atoms with E-state index >= 15 is 0 Å². The largest absolute Gasteiger partial charge is 0.497 e. The average molecular weight is 537 g/mol. The number of carboxylic acids is 1. The van der Waals surface area contributed by atoms with Gasteiger partial charge in [0.15, 0.2) is 11.5 Å². The van der Waals surface area contributed by atoms with Gasteiger partial charge in [-0.25, -0.2) is 0 Å². The molecule has 0 saturated heterocycles. The van der Waals surface area contributed by atoms with Crippen LogP contribution in [0.4, 0.5) is 0 Å². The van der Waals surface area contributed by atoms with E-state index in [1.54, 1.807) is 46.1 Å². The molecular weight excluding hydrogens is 500 g/mol. The monoisotopic (exact) mass is 536 g/mol. The predicted molar refractivity (Wildman–Crippen MR) is 149 cm³/mol. The summed E-state index contributed by atoms with van der Waals surface area (Å²) in [4.78, 5) is 35.9. The van der Waals surface area contributed by atoms with Crippen LogP contribution in [-0.4, -0.2) is 36.9 Å². The first-order valence-electron chi connectivity index (χ1n) is 12.6. The summed E-state index contributed by atoms with van der Waals surface area (Å²) < 4.78 is 21.6. The molecule has 0 aliphatic carbocycles. The van der Waals surface area contributed by atoms with Crippen molar-refractivity contribution in [1.82, 2.24) is 0 Å². The lowest BCUT2D eigenvalue weighted by molar-refractivity contribution is -0.136. The van der Waals surface area contributed by atoms with Crippen molar-refractivity contribution < 1.29 is 37.8 Å². The third-order valence-electron chi connectivity index (χ3n) is 6.24. The topological polar surface area (TPSA) is 116 Å². The van der Waals surface area contributed by atoms with Gasteiger partial charge in [0.2, 0.25) is 11.6 Å². The van der Waals surface area contributed by atoms with Gasteiger partial charge in [-0.3, -0.25) is 14.4 Å². The van der Waals surface area contributed by atoms with E-state index in [4.69, 9.17) is 23.4 Å². The number of aryl methyl sites for hydroxylation is 1. The highest BCUT2D eigenvalue weighted by Gasteiger charge is 2.31. The molecule has 39 heavy (non-hydrogen) atoms. The number of aliphatic carboxylic acids is 1. The maximum Gasteiger partial charge on any atom is 0.307 e. The fraction of sp³-hybridized carbons (Fsp3) is 0.387. The van der Waals surface area contributed by atoms with E-state index in [-0.39, 0.29) is 23.7 Å². The Hall–Kier alpha value is -4.07. The van der Waals surface area contributed by atoms with Crippen molar-refractivity contribution in [3.05, 3.63) is 59.0 Å². The maximum atomic E-state index is 12.5. The van der Waals surface area contributed by atoms with E-state index in [2.05, 4.69) is 0 Å². The second kappa shape index (κ2) is 11.0. The van der Waals surface area contributed by atoms with Crippen LogP contribution in [0.25, 0.3) is 21.9 Å². The number of hydrogen-bond donors (Lipinski definition) is 1. The highest BCUT2D eigenvalue weighted by molar-refractivity contribution is 6.04. The van der Waals surface area contributed by atoms with Crippen LogP contribution in [0.3, 0.4) is 0 Å². The maximum absolute atomic E-state index is 12.5. The minimum absolute atomic E-state index is 0.0233. The summed E-state index contributed by atoms with van der Waals surface area (Å²) in [5.41, 5.74) is 1.40. The van der Waals surface area contributed by atoms with Gasteiger partial charge in [-0.15, -0.1) is 0 Å². The number of fused-ring (bicyclic) bond motifs is 2. The number of carbonyl (C=O) groups is 3. The van der Waals surface area contributed by atoms with Crippen molar-refractivity contribution >= 4 is 39.5 Å². The highest BCUT2D eigenvalue weighted by atomic mass is 16.5. The Morgan fingerprint density at radius 1 is 0.744 bits per heavy atom. The van der Waals surface area contributed by atoms with Gasteiger partial charge in [0, 0.05) is 32.7 Å². The number of Topliss-reactive ketones (excluding diaryl/α,β-unsaturated/α-hetero) is 2. The molecule has 0 amide bonds. The number of ketones is 2. The van der Waals surface area contributed by atoms with Crippen LogP contribution in [0.1, 0.15) is 73.8 Å². The zero-order valence-electron chi connectivity index (χ0n) is 24.0. The molecule has 2 aromatic carbocycles. The van der Waals surface area contributed by atoms with Crippen molar-refractivity contribution in [2.45, 2.75) is 54.9 Å². The molecule has 0 spiro atoms. The standard InChI is InChI=1S/C16H18O5.C15H18O3/c1-16(2,3)15(19)14-11(8-13(17)18)10-7-9(20-4)5-6-12(10)21-14;1-9-11-8-10(17-5)6-7-12(11)18-13(9)14(16)15(2,3)4/h5-7H,8H2,1-4H3,(H,17,18);6-8H,1-5H3. The molecule has 0 unspecified atom stereocenters. The summed E-state index contributed by atoms with van der Waals surface area (Å²) in [5, 5.41) is 10.6. The number of carbonyl (C=O) groups excluding carboxylic acids is 2. The first-order chi connectivity index (χ1) is 18.1. The Morgan fingerprint density at radius 2 is 1.18 bits per heavy atom. The van der Waals surface area contributed by atoms with Crippen LogP contribution in [0.2, 0.25) is 0 Å². The van der Waals surface area contributed by atoms with Crippen LogP contribution in [0.5, 0.6) is 11.5 Å². The number of methoxy groups -OCH3 is 2. The molecule has 0 aliphatic rings. The molecule has 4 aromatic rings. The summed E-state index contributed by atoms with van der Waals surface area (Å²) in [6.45, 7) is 12.9. The molecule has 0 radical (unpaired) electrons. The molecule has 4 rings (SSSR count). The normalized spacial score (nSPS) is 11.7. The smallest absolute Gasteiger partial charge is 0.307 e. The first-order valence-corrected chi connectivity index (χ1v) is 12.6. The van der Waals surface area contributed by atoms with Crippen molar-refractivity contribution in [2.24, 2.45) is 10.8 Å².